The van der Waals surface area contributed by atoms with Crippen LogP contribution < -0.4 is 5.32 Å². The van der Waals surface area contributed by atoms with Gasteiger partial charge in [-0.1, -0.05) is 19.3 Å². The number of carboxylic acid groups (broad SMARTS) is 1. The highest BCUT2D eigenvalue weighted by molar-refractivity contribution is 5.83. The molecule has 1 aliphatic heterocycles. The molecule has 0 aromatic rings. The number of carbonyl (C=O) groups is 3. The van der Waals surface area contributed by atoms with Gasteiger partial charge in [0.05, 0.1) is 12.5 Å². The topological polar surface area (TPSA) is 86.7 Å². The Bertz CT molecular complexity index is 530. The van der Waals surface area contributed by atoms with Crippen molar-refractivity contribution in [2.24, 2.45) is 5.41 Å². The Balaban J connectivity index is 1.90. The molecule has 6 nitrogen and oxygen atoms in total. The van der Waals surface area contributed by atoms with Gasteiger partial charge in [0, 0.05) is 19.4 Å². The van der Waals surface area contributed by atoms with Gasteiger partial charge in [0.15, 0.2) is 0 Å². The van der Waals surface area contributed by atoms with Crippen molar-refractivity contribution in [3.8, 4) is 0 Å². The van der Waals surface area contributed by atoms with E-state index in [0.717, 1.165) is 19.3 Å². The summed E-state index contributed by atoms with van der Waals surface area (Å²) in [5, 5.41) is 11.7. The van der Waals surface area contributed by atoms with E-state index < -0.39 is 42.0 Å². The molecule has 0 spiro atoms. The monoisotopic (exact) mass is 364 g/mol. The van der Waals surface area contributed by atoms with Crippen LogP contribution in [-0.4, -0.2) is 53.1 Å². The summed E-state index contributed by atoms with van der Waals surface area (Å²) in [7, 11) is 0. The fourth-order valence-corrected chi connectivity index (χ4v) is 3.90. The second kappa shape index (κ2) is 7.61. The van der Waals surface area contributed by atoms with Gasteiger partial charge >= 0.3 is 12.1 Å². The highest BCUT2D eigenvalue weighted by Crippen LogP contribution is 2.42. The number of hydrogen-bond acceptors (Lipinski definition) is 3. The maximum absolute atomic E-state index is 12.4. The largest absolute Gasteiger partial charge is 0.481 e. The number of carboxylic acids is 1. The third-order valence-electron chi connectivity index (χ3n) is 4.93. The molecule has 2 rings (SSSR count). The third kappa shape index (κ3) is 5.89. The molecule has 2 aliphatic rings. The van der Waals surface area contributed by atoms with Crippen molar-refractivity contribution < 1.29 is 32.7 Å². The zero-order chi connectivity index (χ0) is 18.7. The summed E-state index contributed by atoms with van der Waals surface area (Å²) in [5.74, 6) is -1.99. The third-order valence-corrected chi connectivity index (χ3v) is 4.93. The van der Waals surface area contributed by atoms with Gasteiger partial charge in [-0.05, 0) is 18.3 Å². The summed E-state index contributed by atoms with van der Waals surface area (Å²) in [4.78, 5) is 35.8. The van der Waals surface area contributed by atoms with Crippen LogP contribution in [0.1, 0.15) is 51.4 Å². The van der Waals surface area contributed by atoms with Gasteiger partial charge in [0.1, 0.15) is 6.54 Å². The van der Waals surface area contributed by atoms with E-state index in [2.05, 4.69) is 5.32 Å². The fraction of sp³-hybridized carbons (Fsp3) is 0.812. The Labute approximate surface area is 143 Å². The van der Waals surface area contributed by atoms with Crippen molar-refractivity contribution in [3.05, 3.63) is 0 Å². The first kappa shape index (κ1) is 19.5. The Morgan fingerprint density at radius 1 is 1.20 bits per heavy atom. The van der Waals surface area contributed by atoms with Crippen LogP contribution in [0.4, 0.5) is 13.2 Å². The fourth-order valence-electron chi connectivity index (χ4n) is 3.90. The van der Waals surface area contributed by atoms with Crippen LogP contribution >= 0.6 is 0 Å². The minimum absolute atomic E-state index is 0.0310. The lowest BCUT2D eigenvalue weighted by Crippen LogP contribution is -2.42. The maximum atomic E-state index is 12.4. The van der Waals surface area contributed by atoms with Crippen LogP contribution in [0, 0.1) is 5.41 Å². The van der Waals surface area contributed by atoms with Crippen molar-refractivity contribution in [3.63, 3.8) is 0 Å². The molecule has 0 unspecified atom stereocenters. The smallest absolute Gasteiger partial charge is 0.406 e. The van der Waals surface area contributed by atoms with Crippen molar-refractivity contribution in [1.29, 1.82) is 0 Å². The number of hydrogen-bond donors (Lipinski definition) is 2. The predicted octanol–water partition coefficient (Wildman–Crippen LogP) is 2.08. The molecule has 0 radical (unpaired) electrons. The summed E-state index contributed by atoms with van der Waals surface area (Å²) in [6, 6.07) is -0.659. The Hall–Kier alpha value is -1.80. The first-order chi connectivity index (χ1) is 11.6. The van der Waals surface area contributed by atoms with E-state index in [9.17, 15) is 27.6 Å². The average molecular weight is 364 g/mol. The minimum Gasteiger partial charge on any atom is -0.481 e. The average Bonchev–Trinajstić information content (AvgIpc) is 2.75. The molecule has 1 saturated carbocycles. The molecule has 9 heteroatoms. The van der Waals surface area contributed by atoms with E-state index in [-0.39, 0.29) is 25.8 Å². The molecule has 0 aromatic heterocycles. The number of halogens is 3. The van der Waals surface area contributed by atoms with Gasteiger partial charge < -0.3 is 15.3 Å². The normalized spacial score (nSPS) is 23.6. The maximum Gasteiger partial charge on any atom is 0.406 e. The van der Waals surface area contributed by atoms with Gasteiger partial charge in [-0.25, -0.2) is 0 Å². The first-order valence-electron chi connectivity index (χ1n) is 8.44. The van der Waals surface area contributed by atoms with Crippen LogP contribution in [0.25, 0.3) is 0 Å². The molecule has 1 heterocycles. The molecule has 2 amide bonds. The number of nitrogens with one attached hydrogen (secondary N) is 1. The molecular formula is C16H23F3N2O4. The molecule has 1 aliphatic carbocycles. The van der Waals surface area contributed by atoms with Crippen LogP contribution in [0.2, 0.25) is 0 Å². The Kier molecular flexibility index (Phi) is 5.95. The number of amides is 2. The number of nitrogens with zero attached hydrogens (tertiary/aromatic N) is 1. The van der Waals surface area contributed by atoms with Crippen molar-refractivity contribution in [1.82, 2.24) is 10.2 Å². The Morgan fingerprint density at radius 3 is 2.40 bits per heavy atom. The first-order valence-corrected chi connectivity index (χ1v) is 8.44. The summed E-state index contributed by atoms with van der Waals surface area (Å²) in [6.07, 6.45) is -0.660. The molecule has 2 fully saturated rings. The predicted molar refractivity (Wildman–Crippen MR) is 81.6 cm³/mol. The number of likely N-dealkylation sites (tertiary alicyclic amines) is 1. The quantitative estimate of drug-likeness (QED) is 0.756. The van der Waals surface area contributed by atoms with E-state index in [0.29, 0.717) is 17.7 Å². The van der Waals surface area contributed by atoms with Crippen molar-refractivity contribution in [2.75, 3.05) is 13.1 Å². The molecule has 0 bridgehead atoms. The van der Waals surface area contributed by atoms with Gasteiger partial charge in [-0.15, -0.1) is 0 Å². The van der Waals surface area contributed by atoms with Gasteiger partial charge in [-0.3, -0.25) is 14.4 Å². The SMILES string of the molecule is O=C(O)CC1(CC(=O)N[C@H]2CC(=O)N(CC(F)(F)F)C2)CCCCC1. The highest BCUT2D eigenvalue weighted by atomic mass is 19.4. The lowest BCUT2D eigenvalue weighted by molar-refractivity contribution is -0.157. The van der Waals surface area contributed by atoms with Gasteiger partial charge in [0.2, 0.25) is 11.8 Å². The van der Waals surface area contributed by atoms with Crippen molar-refractivity contribution in [2.45, 2.75) is 63.6 Å². The van der Waals surface area contributed by atoms with E-state index in [4.69, 9.17) is 5.11 Å². The van der Waals surface area contributed by atoms with Gasteiger partial charge in [0.25, 0.3) is 0 Å². The standard InChI is InChI=1S/C16H23F3N2O4/c17-16(18,19)10-21-9-11(6-13(21)23)20-12(22)7-15(8-14(24)25)4-2-1-3-5-15/h11H,1-10H2,(H,20,22)(H,24,25)/t11-/m0/s1. The van der Waals surface area contributed by atoms with Gasteiger partial charge in [-0.2, -0.15) is 13.2 Å². The number of aliphatic carboxylic acids is 1. The summed E-state index contributed by atoms with van der Waals surface area (Å²) in [5.41, 5.74) is -0.595. The van der Waals surface area contributed by atoms with E-state index in [1.165, 1.54) is 0 Å². The summed E-state index contributed by atoms with van der Waals surface area (Å²) in [6.45, 7) is -1.49. The number of carbonyl (C=O) groups excluding carboxylic acids is 2. The summed E-state index contributed by atoms with van der Waals surface area (Å²) < 4.78 is 37.2. The lowest BCUT2D eigenvalue weighted by Gasteiger charge is -2.35. The summed E-state index contributed by atoms with van der Waals surface area (Å²) >= 11 is 0. The molecule has 25 heavy (non-hydrogen) atoms. The molecule has 0 aromatic carbocycles. The molecule has 2 N–H and O–H groups in total. The highest BCUT2D eigenvalue weighted by Gasteiger charge is 2.40. The van der Waals surface area contributed by atoms with E-state index in [1.54, 1.807) is 0 Å². The molecule has 1 saturated heterocycles. The van der Waals surface area contributed by atoms with Crippen LogP contribution in [0.3, 0.4) is 0 Å². The van der Waals surface area contributed by atoms with Crippen molar-refractivity contribution >= 4 is 17.8 Å². The zero-order valence-corrected chi connectivity index (χ0v) is 13.9. The minimum atomic E-state index is -4.47. The van der Waals surface area contributed by atoms with E-state index >= 15 is 0 Å². The Morgan fingerprint density at radius 2 is 1.84 bits per heavy atom. The second-order valence-corrected chi connectivity index (χ2v) is 7.17. The van der Waals surface area contributed by atoms with Crippen LogP contribution in [0.15, 0.2) is 0 Å². The molecular weight excluding hydrogens is 341 g/mol. The molecule has 1 atom stereocenters. The lowest BCUT2D eigenvalue weighted by atomic mass is 9.69. The van der Waals surface area contributed by atoms with Crippen LogP contribution in [0.5, 0.6) is 0 Å². The number of rotatable bonds is 6. The van der Waals surface area contributed by atoms with E-state index in [1.807, 2.05) is 0 Å². The zero-order valence-electron chi connectivity index (χ0n) is 13.9. The van der Waals surface area contributed by atoms with Crippen LogP contribution in [-0.2, 0) is 14.4 Å². The molecule has 142 valence electrons. The number of alkyl halides is 3. The second-order valence-electron chi connectivity index (χ2n) is 7.17.